The van der Waals surface area contributed by atoms with Gasteiger partial charge in [-0.05, 0) is 31.1 Å². The van der Waals surface area contributed by atoms with Gasteiger partial charge in [-0.25, -0.2) is 9.89 Å². The molecule has 3 N–H and O–H groups in total. The predicted molar refractivity (Wildman–Crippen MR) is 65.1 cm³/mol. The van der Waals surface area contributed by atoms with Crippen molar-refractivity contribution in [2.45, 2.75) is 39.2 Å². The van der Waals surface area contributed by atoms with E-state index in [2.05, 4.69) is 34.3 Å². The standard InChI is InChI=1S/C11H18N4O2/c1-6-3-4-8(7(2)5-6)12-9-10(16)13-11(17)15-14-9/h6-8H,3-5H2,1-2H3,(H,12,14)(H2,13,15,16,17). The molecule has 0 aromatic carbocycles. The van der Waals surface area contributed by atoms with Gasteiger partial charge in [0.05, 0.1) is 0 Å². The molecule has 1 aliphatic carbocycles. The lowest BCUT2D eigenvalue weighted by Gasteiger charge is -2.33. The largest absolute Gasteiger partial charge is 0.361 e. The van der Waals surface area contributed by atoms with Crippen LogP contribution in [0.25, 0.3) is 0 Å². The molecule has 1 aromatic heterocycles. The molecule has 2 rings (SSSR count). The number of hydrogen-bond acceptors (Lipinski definition) is 4. The van der Waals surface area contributed by atoms with Crippen LogP contribution < -0.4 is 16.6 Å². The Bertz CT molecular complexity index is 493. The number of aromatic nitrogens is 3. The fraction of sp³-hybridized carbons (Fsp3) is 0.727. The van der Waals surface area contributed by atoms with Crippen molar-refractivity contribution in [1.82, 2.24) is 15.2 Å². The summed E-state index contributed by atoms with van der Waals surface area (Å²) in [5.74, 6) is 1.45. The maximum Gasteiger partial charge on any atom is 0.342 e. The monoisotopic (exact) mass is 238 g/mol. The predicted octanol–water partition coefficient (Wildman–Crippen LogP) is 0.695. The topological polar surface area (TPSA) is 90.6 Å². The summed E-state index contributed by atoms with van der Waals surface area (Å²) in [5.41, 5.74) is -1.04. The molecule has 1 aliphatic rings. The zero-order chi connectivity index (χ0) is 12.4. The fourth-order valence-electron chi connectivity index (χ4n) is 2.50. The van der Waals surface area contributed by atoms with E-state index in [-0.39, 0.29) is 11.9 Å². The van der Waals surface area contributed by atoms with E-state index in [0.29, 0.717) is 5.92 Å². The molecular weight excluding hydrogens is 220 g/mol. The first-order valence-corrected chi connectivity index (χ1v) is 6.02. The van der Waals surface area contributed by atoms with Crippen molar-refractivity contribution in [2.75, 3.05) is 5.32 Å². The third-order valence-electron chi connectivity index (χ3n) is 3.47. The van der Waals surface area contributed by atoms with Crippen LogP contribution in [-0.4, -0.2) is 21.2 Å². The van der Waals surface area contributed by atoms with Gasteiger partial charge >= 0.3 is 5.69 Å². The van der Waals surface area contributed by atoms with E-state index >= 15 is 0 Å². The van der Waals surface area contributed by atoms with E-state index in [1.807, 2.05) is 0 Å². The molecule has 3 unspecified atom stereocenters. The maximum atomic E-state index is 11.5. The molecule has 6 heteroatoms. The quantitative estimate of drug-likeness (QED) is 0.707. The Hall–Kier alpha value is -1.59. The van der Waals surface area contributed by atoms with Crippen LogP contribution in [0, 0.1) is 11.8 Å². The summed E-state index contributed by atoms with van der Waals surface area (Å²) >= 11 is 0. The summed E-state index contributed by atoms with van der Waals surface area (Å²) in [6.07, 6.45) is 3.34. The zero-order valence-corrected chi connectivity index (χ0v) is 10.1. The summed E-state index contributed by atoms with van der Waals surface area (Å²) in [6.45, 7) is 4.42. The van der Waals surface area contributed by atoms with Gasteiger partial charge in [0.1, 0.15) is 0 Å². The zero-order valence-electron chi connectivity index (χ0n) is 10.1. The highest BCUT2D eigenvalue weighted by Gasteiger charge is 2.26. The Morgan fingerprint density at radius 3 is 2.71 bits per heavy atom. The molecule has 0 radical (unpaired) electrons. The minimum Gasteiger partial charge on any atom is -0.361 e. The average molecular weight is 238 g/mol. The van der Waals surface area contributed by atoms with Crippen LogP contribution >= 0.6 is 0 Å². The van der Waals surface area contributed by atoms with Gasteiger partial charge in [-0.2, -0.15) is 0 Å². The molecule has 3 atom stereocenters. The van der Waals surface area contributed by atoms with Gasteiger partial charge in [0, 0.05) is 6.04 Å². The third-order valence-corrected chi connectivity index (χ3v) is 3.47. The molecule has 1 aromatic rings. The van der Waals surface area contributed by atoms with E-state index < -0.39 is 11.2 Å². The second kappa shape index (κ2) is 4.73. The SMILES string of the molecule is CC1CCC(Nc2n[nH]c(=O)[nH]c2=O)C(C)C1. The second-order valence-electron chi connectivity index (χ2n) is 5.00. The summed E-state index contributed by atoms with van der Waals surface area (Å²) in [7, 11) is 0. The van der Waals surface area contributed by atoms with Gasteiger partial charge in [-0.15, -0.1) is 5.10 Å². The molecule has 1 heterocycles. The Morgan fingerprint density at radius 1 is 1.29 bits per heavy atom. The fourth-order valence-corrected chi connectivity index (χ4v) is 2.50. The normalized spacial score (nSPS) is 28.9. The van der Waals surface area contributed by atoms with E-state index in [4.69, 9.17) is 0 Å². The molecule has 1 saturated carbocycles. The first kappa shape index (κ1) is 11.9. The number of rotatable bonds is 2. The number of nitrogens with zero attached hydrogens (tertiary/aromatic N) is 1. The summed E-state index contributed by atoms with van der Waals surface area (Å²) in [6, 6.07) is 0.255. The Labute approximate surface area is 98.8 Å². The summed E-state index contributed by atoms with van der Waals surface area (Å²) in [4.78, 5) is 24.5. The van der Waals surface area contributed by atoms with Gasteiger partial charge in [0.15, 0.2) is 0 Å². The number of anilines is 1. The van der Waals surface area contributed by atoms with Crippen LogP contribution in [0.5, 0.6) is 0 Å². The minimum absolute atomic E-state index is 0.205. The van der Waals surface area contributed by atoms with Crippen LogP contribution in [0.15, 0.2) is 9.59 Å². The average Bonchev–Trinajstić information content (AvgIpc) is 2.25. The van der Waals surface area contributed by atoms with Gasteiger partial charge in [0.25, 0.3) is 5.56 Å². The van der Waals surface area contributed by atoms with Crippen LogP contribution in [0.1, 0.15) is 33.1 Å². The van der Waals surface area contributed by atoms with Gasteiger partial charge in [-0.1, -0.05) is 13.8 Å². The van der Waals surface area contributed by atoms with Crippen molar-refractivity contribution in [3.63, 3.8) is 0 Å². The lowest BCUT2D eigenvalue weighted by atomic mass is 9.80. The maximum absolute atomic E-state index is 11.5. The van der Waals surface area contributed by atoms with Crippen molar-refractivity contribution in [1.29, 1.82) is 0 Å². The van der Waals surface area contributed by atoms with Gasteiger partial charge in [-0.3, -0.25) is 9.78 Å². The molecule has 0 amide bonds. The van der Waals surface area contributed by atoms with E-state index in [1.54, 1.807) is 0 Å². The number of aromatic amines is 2. The molecule has 1 fully saturated rings. The second-order valence-corrected chi connectivity index (χ2v) is 5.00. The lowest BCUT2D eigenvalue weighted by Crippen LogP contribution is -2.37. The van der Waals surface area contributed by atoms with Gasteiger partial charge < -0.3 is 5.32 Å². The van der Waals surface area contributed by atoms with Crippen molar-refractivity contribution in [3.8, 4) is 0 Å². The smallest absolute Gasteiger partial charge is 0.342 e. The van der Waals surface area contributed by atoms with Crippen molar-refractivity contribution >= 4 is 5.82 Å². The Balaban J connectivity index is 2.10. The Kier molecular flexibility index (Phi) is 3.31. The van der Waals surface area contributed by atoms with Crippen LogP contribution in [0.2, 0.25) is 0 Å². The van der Waals surface area contributed by atoms with Crippen molar-refractivity contribution < 1.29 is 0 Å². The lowest BCUT2D eigenvalue weighted by molar-refractivity contribution is 0.276. The highest BCUT2D eigenvalue weighted by molar-refractivity contribution is 5.30. The van der Waals surface area contributed by atoms with E-state index in [1.165, 1.54) is 0 Å². The molecule has 94 valence electrons. The van der Waals surface area contributed by atoms with E-state index in [9.17, 15) is 9.59 Å². The highest BCUT2D eigenvalue weighted by atomic mass is 16.2. The van der Waals surface area contributed by atoms with E-state index in [0.717, 1.165) is 25.2 Å². The first-order chi connectivity index (χ1) is 8.06. The highest BCUT2D eigenvalue weighted by Crippen LogP contribution is 2.29. The summed E-state index contributed by atoms with van der Waals surface area (Å²) < 4.78 is 0. The molecular formula is C11H18N4O2. The number of H-pyrrole nitrogens is 2. The first-order valence-electron chi connectivity index (χ1n) is 6.02. The molecule has 0 saturated heterocycles. The van der Waals surface area contributed by atoms with Gasteiger partial charge in [0.2, 0.25) is 5.82 Å². The molecule has 6 nitrogen and oxygen atoms in total. The minimum atomic E-state index is -0.578. The van der Waals surface area contributed by atoms with Crippen molar-refractivity contribution in [3.05, 3.63) is 20.8 Å². The molecule has 17 heavy (non-hydrogen) atoms. The molecule has 0 spiro atoms. The third kappa shape index (κ3) is 2.75. The number of nitrogens with one attached hydrogen (secondary N) is 3. The Morgan fingerprint density at radius 2 is 2.06 bits per heavy atom. The van der Waals surface area contributed by atoms with Crippen molar-refractivity contribution in [2.24, 2.45) is 11.8 Å². The van der Waals surface area contributed by atoms with Crippen LogP contribution in [-0.2, 0) is 0 Å². The molecule has 0 aliphatic heterocycles. The molecule has 0 bridgehead atoms. The van der Waals surface area contributed by atoms with Crippen LogP contribution in [0.4, 0.5) is 5.82 Å². The van der Waals surface area contributed by atoms with Crippen LogP contribution in [0.3, 0.4) is 0 Å². The summed E-state index contributed by atoms with van der Waals surface area (Å²) in [5, 5.41) is 9.08. The number of hydrogen-bond donors (Lipinski definition) is 3.